The van der Waals surface area contributed by atoms with E-state index in [0.717, 1.165) is 25.3 Å². The normalized spacial score (nSPS) is 11.3. The zero-order chi connectivity index (χ0) is 11.1. The molecular weight excluding hydrogens is 186 g/mol. The van der Waals surface area contributed by atoms with E-state index < -0.39 is 0 Å². The maximum atomic E-state index is 4.30. The van der Waals surface area contributed by atoms with Crippen molar-refractivity contribution in [3.8, 4) is 0 Å². The van der Waals surface area contributed by atoms with Gasteiger partial charge < -0.3 is 5.32 Å². The number of pyridine rings is 1. The van der Waals surface area contributed by atoms with E-state index in [9.17, 15) is 0 Å². The Kier molecular flexibility index (Phi) is 5.29. The Balaban J connectivity index is 2.21. The minimum atomic E-state index is 0.563. The molecule has 0 unspecified atom stereocenters. The third kappa shape index (κ3) is 5.50. The maximum Gasteiger partial charge on any atom is 0.0543 e. The fourth-order valence-corrected chi connectivity index (χ4v) is 1.39. The standard InChI is InChI=1S/C12H21N3/c1-11(2)13-8-9-15(3)10-12-6-4-5-7-14-12/h4-7,11,13H,8-10H2,1-3H3. The third-order valence-corrected chi connectivity index (χ3v) is 2.20. The molecule has 1 rings (SSSR count). The highest BCUT2D eigenvalue weighted by atomic mass is 15.1. The Hall–Kier alpha value is -0.930. The summed E-state index contributed by atoms with van der Waals surface area (Å²) in [5.41, 5.74) is 1.13. The Morgan fingerprint density at radius 3 is 2.80 bits per heavy atom. The molecule has 0 bridgehead atoms. The van der Waals surface area contributed by atoms with Crippen LogP contribution in [0, 0.1) is 0 Å². The molecule has 3 heteroatoms. The van der Waals surface area contributed by atoms with Crippen molar-refractivity contribution in [2.24, 2.45) is 0 Å². The Morgan fingerprint density at radius 1 is 1.40 bits per heavy atom. The van der Waals surface area contributed by atoms with E-state index >= 15 is 0 Å². The van der Waals surface area contributed by atoms with Crippen LogP contribution in [0.3, 0.4) is 0 Å². The van der Waals surface area contributed by atoms with Crippen molar-refractivity contribution in [2.75, 3.05) is 20.1 Å². The van der Waals surface area contributed by atoms with Gasteiger partial charge in [-0.05, 0) is 19.2 Å². The zero-order valence-corrected chi connectivity index (χ0v) is 9.90. The highest BCUT2D eigenvalue weighted by molar-refractivity contribution is 5.02. The number of nitrogens with one attached hydrogen (secondary N) is 1. The van der Waals surface area contributed by atoms with Crippen LogP contribution in [0.2, 0.25) is 0 Å². The SMILES string of the molecule is CC(C)NCCN(C)Cc1ccccn1. The molecule has 0 saturated carbocycles. The van der Waals surface area contributed by atoms with E-state index in [0.29, 0.717) is 6.04 Å². The second-order valence-electron chi connectivity index (χ2n) is 4.17. The fraction of sp³-hybridized carbons (Fsp3) is 0.583. The van der Waals surface area contributed by atoms with Crippen molar-refractivity contribution in [2.45, 2.75) is 26.4 Å². The van der Waals surface area contributed by atoms with E-state index in [1.54, 1.807) is 0 Å². The van der Waals surface area contributed by atoms with Crippen molar-refractivity contribution in [3.63, 3.8) is 0 Å². The summed E-state index contributed by atoms with van der Waals surface area (Å²) in [6.45, 7) is 7.33. The summed E-state index contributed by atoms with van der Waals surface area (Å²) >= 11 is 0. The largest absolute Gasteiger partial charge is 0.313 e. The van der Waals surface area contributed by atoms with Crippen molar-refractivity contribution in [1.29, 1.82) is 0 Å². The van der Waals surface area contributed by atoms with Gasteiger partial charge in [-0.15, -0.1) is 0 Å². The van der Waals surface area contributed by atoms with Crippen LogP contribution < -0.4 is 5.32 Å². The fourth-order valence-electron chi connectivity index (χ4n) is 1.39. The minimum Gasteiger partial charge on any atom is -0.313 e. The van der Waals surface area contributed by atoms with Gasteiger partial charge in [-0.25, -0.2) is 0 Å². The Morgan fingerprint density at radius 2 is 2.20 bits per heavy atom. The Bertz CT molecular complexity index is 259. The molecule has 15 heavy (non-hydrogen) atoms. The highest BCUT2D eigenvalue weighted by Crippen LogP contribution is 1.97. The lowest BCUT2D eigenvalue weighted by Gasteiger charge is -2.17. The lowest BCUT2D eigenvalue weighted by atomic mass is 10.3. The average Bonchev–Trinajstić information content (AvgIpc) is 2.18. The van der Waals surface area contributed by atoms with Gasteiger partial charge in [0.15, 0.2) is 0 Å². The summed E-state index contributed by atoms with van der Waals surface area (Å²) in [4.78, 5) is 6.58. The summed E-state index contributed by atoms with van der Waals surface area (Å²) in [5.74, 6) is 0. The van der Waals surface area contributed by atoms with Crippen LogP contribution in [-0.4, -0.2) is 36.1 Å². The number of rotatable bonds is 6. The van der Waals surface area contributed by atoms with E-state index in [2.05, 4.69) is 42.2 Å². The zero-order valence-electron chi connectivity index (χ0n) is 9.90. The van der Waals surface area contributed by atoms with E-state index in [-0.39, 0.29) is 0 Å². The smallest absolute Gasteiger partial charge is 0.0543 e. The number of hydrogen-bond donors (Lipinski definition) is 1. The summed E-state index contributed by atoms with van der Waals surface area (Å²) in [6.07, 6.45) is 1.84. The van der Waals surface area contributed by atoms with Crippen LogP contribution in [0.1, 0.15) is 19.5 Å². The predicted molar refractivity (Wildman–Crippen MR) is 63.7 cm³/mol. The lowest BCUT2D eigenvalue weighted by molar-refractivity contribution is 0.316. The van der Waals surface area contributed by atoms with E-state index in [1.165, 1.54) is 0 Å². The molecule has 0 fully saturated rings. The first-order valence-corrected chi connectivity index (χ1v) is 5.50. The number of likely N-dealkylation sites (N-methyl/N-ethyl adjacent to an activating group) is 1. The van der Waals surface area contributed by atoms with Crippen LogP contribution >= 0.6 is 0 Å². The van der Waals surface area contributed by atoms with Crippen LogP contribution in [0.5, 0.6) is 0 Å². The lowest BCUT2D eigenvalue weighted by Crippen LogP contribution is -2.32. The molecule has 0 aliphatic carbocycles. The molecule has 0 aliphatic rings. The van der Waals surface area contributed by atoms with Crippen LogP contribution in [0.4, 0.5) is 0 Å². The quantitative estimate of drug-likeness (QED) is 0.766. The van der Waals surface area contributed by atoms with Crippen molar-refractivity contribution < 1.29 is 0 Å². The van der Waals surface area contributed by atoms with Gasteiger partial charge in [-0.1, -0.05) is 19.9 Å². The van der Waals surface area contributed by atoms with Gasteiger partial charge in [0, 0.05) is 31.9 Å². The molecule has 1 heterocycles. The average molecular weight is 207 g/mol. The van der Waals surface area contributed by atoms with Crippen LogP contribution in [0.25, 0.3) is 0 Å². The van der Waals surface area contributed by atoms with Gasteiger partial charge >= 0.3 is 0 Å². The second kappa shape index (κ2) is 6.53. The minimum absolute atomic E-state index is 0.563. The molecular formula is C12H21N3. The predicted octanol–water partition coefficient (Wildman–Crippen LogP) is 1.51. The molecule has 0 atom stereocenters. The summed E-state index contributed by atoms with van der Waals surface area (Å²) in [5, 5.41) is 3.40. The molecule has 0 saturated heterocycles. The van der Waals surface area contributed by atoms with Gasteiger partial charge in [0.05, 0.1) is 5.69 Å². The van der Waals surface area contributed by atoms with Crippen LogP contribution in [-0.2, 0) is 6.54 Å². The topological polar surface area (TPSA) is 28.2 Å². The third-order valence-electron chi connectivity index (χ3n) is 2.20. The molecule has 0 aromatic carbocycles. The molecule has 1 aromatic heterocycles. The molecule has 1 N–H and O–H groups in total. The van der Waals surface area contributed by atoms with Crippen molar-refractivity contribution >= 4 is 0 Å². The first-order chi connectivity index (χ1) is 7.18. The van der Waals surface area contributed by atoms with E-state index in [4.69, 9.17) is 0 Å². The van der Waals surface area contributed by atoms with Gasteiger partial charge in [0.25, 0.3) is 0 Å². The van der Waals surface area contributed by atoms with Gasteiger partial charge in [-0.2, -0.15) is 0 Å². The molecule has 0 amide bonds. The second-order valence-corrected chi connectivity index (χ2v) is 4.17. The molecule has 84 valence electrons. The van der Waals surface area contributed by atoms with Gasteiger partial charge in [0.2, 0.25) is 0 Å². The van der Waals surface area contributed by atoms with Gasteiger partial charge in [0.1, 0.15) is 0 Å². The monoisotopic (exact) mass is 207 g/mol. The molecule has 0 radical (unpaired) electrons. The maximum absolute atomic E-state index is 4.30. The molecule has 1 aromatic rings. The van der Waals surface area contributed by atoms with Crippen LogP contribution in [0.15, 0.2) is 24.4 Å². The number of aromatic nitrogens is 1. The first kappa shape index (κ1) is 12.1. The van der Waals surface area contributed by atoms with Gasteiger partial charge in [-0.3, -0.25) is 9.88 Å². The molecule has 0 aliphatic heterocycles. The molecule has 3 nitrogen and oxygen atoms in total. The van der Waals surface area contributed by atoms with E-state index in [1.807, 2.05) is 18.3 Å². The highest BCUT2D eigenvalue weighted by Gasteiger charge is 2.00. The summed E-state index contributed by atoms with van der Waals surface area (Å²) in [7, 11) is 2.12. The summed E-state index contributed by atoms with van der Waals surface area (Å²) < 4.78 is 0. The molecule has 0 spiro atoms. The number of hydrogen-bond acceptors (Lipinski definition) is 3. The summed E-state index contributed by atoms with van der Waals surface area (Å²) in [6, 6.07) is 6.60. The van der Waals surface area contributed by atoms with Crippen molar-refractivity contribution in [3.05, 3.63) is 30.1 Å². The first-order valence-electron chi connectivity index (χ1n) is 5.50. The number of nitrogens with zero attached hydrogens (tertiary/aromatic N) is 2. The van der Waals surface area contributed by atoms with Crippen molar-refractivity contribution in [1.82, 2.24) is 15.2 Å². The Labute approximate surface area is 92.5 Å².